The molecule has 1 amide bonds. The number of amides is 1. The molecule has 1 fully saturated rings. The highest BCUT2D eigenvalue weighted by Gasteiger charge is 2.27. The molecule has 5 nitrogen and oxygen atoms in total. The minimum Gasteiger partial charge on any atom is -0.397 e. The zero-order chi connectivity index (χ0) is 15.5. The highest BCUT2D eigenvalue weighted by Crippen LogP contribution is 2.29. The van der Waals surface area contributed by atoms with Crippen molar-refractivity contribution in [2.24, 2.45) is 5.41 Å². The summed E-state index contributed by atoms with van der Waals surface area (Å²) in [5.41, 5.74) is 8.26. The highest BCUT2D eigenvalue weighted by atomic mass is 16.5. The number of anilines is 2. The van der Waals surface area contributed by atoms with Gasteiger partial charge in [0.1, 0.15) is 0 Å². The molecular formula is C16H25N3O2. The lowest BCUT2D eigenvalue weighted by Crippen LogP contribution is -2.39. The van der Waals surface area contributed by atoms with Gasteiger partial charge in [-0.25, -0.2) is 0 Å². The first-order valence-corrected chi connectivity index (χ1v) is 7.34. The summed E-state index contributed by atoms with van der Waals surface area (Å²) in [6.07, 6.45) is 1.96. The van der Waals surface area contributed by atoms with Crippen LogP contribution >= 0.6 is 0 Å². The van der Waals surface area contributed by atoms with Crippen molar-refractivity contribution in [2.45, 2.75) is 19.8 Å². The number of hydrogen-bond donors (Lipinski definition) is 2. The molecule has 1 saturated heterocycles. The number of carbonyl (C=O) groups excluding carboxylic acids is 1. The van der Waals surface area contributed by atoms with E-state index in [0.717, 1.165) is 31.7 Å². The number of hydrogen-bond acceptors (Lipinski definition) is 4. The van der Waals surface area contributed by atoms with Crippen molar-refractivity contribution < 1.29 is 9.53 Å². The molecule has 0 atom stereocenters. The normalized spacial score (nSPS) is 17.3. The van der Waals surface area contributed by atoms with Crippen molar-refractivity contribution >= 4 is 17.3 Å². The number of benzene rings is 1. The Bertz CT molecular complexity index is 508. The zero-order valence-corrected chi connectivity index (χ0v) is 13.1. The first kappa shape index (κ1) is 15.6. The maximum absolute atomic E-state index is 12.3. The van der Waals surface area contributed by atoms with E-state index in [0.29, 0.717) is 17.8 Å². The van der Waals surface area contributed by atoms with Gasteiger partial charge in [-0.1, -0.05) is 6.92 Å². The first-order chi connectivity index (χ1) is 9.91. The molecule has 5 heteroatoms. The molecule has 0 bridgehead atoms. The number of nitrogens with one attached hydrogen (secondary N) is 1. The fraction of sp³-hybridized carbons (Fsp3) is 0.562. The predicted molar refractivity (Wildman–Crippen MR) is 85.7 cm³/mol. The van der Waals surface area contributed by atoms with E-state index in [9.17, 15) is 4.79 Å². The van der Waals surface area contributed by atoms with Crippen LogP contribution < -0.4 is 16.0 Å². The molecule has 1 aliphatic heterocycles. The molecule has 0 aromatic heterocycles. The van der Waals surface area contributed by atoms with Crippen LogP contribution in [0.15, 0.2) is 18.2 Å². The number of nitrogen functional groups attached to an aromatic ring is 1. The van der Waals surface area contributed by atoms with Gasteiger partial charge in [0.2, 0.25) is 0 Å². The molecule has 116 valence electrons. The second-order valence-corrected chi connectivity index (χ2v) is 6.27. The molecule has 1 aromatic rings. The topological polar surface area (TPSA) is 67.6 Å². The van der Waals surface area contributed by atoms with E-state index in [1.54, 1.807) is 6.07 Å². The van der Waals surface area contributed by atoms with Crippen molar-refractivity contribution in [3.8, 4) is 0 Å². The van der Waals surface area contributed by atoms with Gasteiger partial charge < -0.3 is 20.7 Å². The van der Waals surface area contributed by atoms with Crippen LogP contribution in [-0.4, -0.2) is 39.8 Å². The Balaban J connectivity index is 1.98. The molecule has 0 aliphatic carbocycles. The summed E-state index contributed by atoms with van der Waals surface area (Å²) in [4.78, 5) is 14.2. The van der Waals surface area contributed by atoms with E-state index in [1.165, 1.54) is 0 Å². The van der Waals surface area contributed by atoms with Crippen molar-refractivity contribution in [3.63, 3.8) is 0 Å². The molecular weight excluding hydrogens is 266 g/mol. The van der Waals surface area contributed by atoms with Crippen LogP contribution in [-0.2, 0) is 4.74 Å². The number of nitrogens with two attached hydrogens (primary N) is 1. The van der Waals surface area contributed by atoms with E-state index in [4.69, 9.17) is 10.5 Å². The minimum atomic E-state index is -0.0697. The zero-order valence-electron chi connectivity index (χ0n) is 13.1. The molecule has 1 heterocycles. The van der Waals surface area contributed by atoms with Gasteiger partial charge >= 0.3 is 0 Å². The molecule has 0 saturated carbocycles. The fourth-order valence-electron chi connectivity index (χ4n) is 2.54. The lowest BCUT2D eigenvalue weighted by Gasteiger charge is -2.33. The van der Waals surface area contributed by atoms with Gasteiger partial charge in [-0.15, -0.1) is 0 Å². The monoisotopic (exact) mass is 291 g/mol. The van der Waals surface area contributed by atoms with Crippen LogP contribution in [0.3, 0.4) is 0 Å². The standard InChI is InChI=1S/C16H25N3O2/c1-16(6-8-21-9-7-16)11-18-15(20)12-4-5-14(19(2)3)13(17)10-12/h4-5,10H,6-9,11,17H2,1-3H3,(H,18,20). The van der Waals surface area contributed by atoms with Crippen LogP contribution in [0, 0.1) is 5.41 Å². The Morgan fingerprint density at radius 1 is 1.38 bits per heavy atom. The largest absolute Gasteiger partial charge is 0.397 e. The van der Waals surface area contributed by atoms with Crippen molar-refractivity contribution in [2.75, 3.05) is 44.5 Å². The van der Waals surface area contributed by atoms with Crippen molar-refractivity contribution in [1.29, 1.82) is 0 Å². The Hall–Kier alpha value is -1.75. The van der Waals surface area contributed by atoms with E-state index in [1.807, 2.05) is 31.1 Å². The van der Waals surface area contributed by atoms with Crippen molar-refractivity contribution in [1.82, 2.24) is 5.32 Å². The lowest BCUT2D eigenvalue weighted by molar-refractivity contribution is 0.0238. The van der Waals surface area contributed by atoms with Gasteiger partial charge in [0.05, 0.1) is 11.4 Å². The van der Waals surface area contributed by atoms with Crippen molar-refractivity contribution in [3.05, 3.63) is 23.8 Å². The van der Waals surface area contributed by atoms with Crippen LogP contribution in [0.25, 0.3) is 0 Å². The summed E-state index contributed by atoms with van der Waals surface area (Å²) in [7, 11) is 3.86. The number of ether oxygens (including phenoxy) is 1. The average Bonchev–Trinajstić information content (AvgIpc) is 2.45. The van der Waals surface area contributed by atoms with Gasteiger partial charge in [0.15, 0.2) is 0 Å². The van der Waals surface area contributed by atoms with Crippen LogP contribution in [0.4, 0.5) is 11.4 Å². The Kier molecular flexibility index (Phi) is 4.73. The summed E-state index contributed by atoms with van der Waals surface area (Å²) in [5, 5.41) is 3.02. The van der Waals surface area contributed by atoms with Gasteiger partial charge in [-0.05, 0) is 36.5 Å². The van der Waals surface area contributed by atoms with E-state index < -0.39 is 0 Å². The summed E-state index contributed by atoms with van der Waals surface area (Å²) in [6, 6.07) is 5.42. The van der Waals surface area contributed by atoms with E-state index in [2.05, 4.69) is 12.2 Å². The van der Waals surface area contributed by atoms with E-state index in [-0.39, 0.29) is 11.3 Å². The number of carbonyl (C=O) groups is 1. The smallest absolute Gasteiger partial charge is 0.251 e. The Morgan fingerprint density at radius 3 is 2.62 bits per heavy atom. The maximum Gasteiger partial charge on any atom is 0.251 e. The third kappa shape index (κ3) is 3.88. The Labute approximate surface area is 126 Å². The molecule has 1 aromatic carbocycles. The minimum absolute atomic E-state index is 0.0697. The molecule has 2 rings (SSSR count). The Morgan fingerprint density at radius 2 is 2.05 bits per heavy atom. The quantitative estimate of drug-likeness (QED) is 0.831. The second-order valence-electron chi connectivity index (χ2n) is 6.27. The van der Waals surface area contributed by atoms with Crippen LogP contribution in [0.2, 0.25) is 0 Å². The fourth-order valence-corrected chi connectivity index (χ4v) is 2.54. The van der Waals surface area contributed by atoms with Gasteiger partial charge in [0, 0.05) is 39.4 Å². The first-order valence-electron chi connectivity index (χ1n) is 7.34. The average molecular weight is 291 g/mol. The summed E-state index contributed by atoms with van der Waals surface area (Å²) in [6.45, 7) is 4.41. The van der Waals surface area contributed by atoms with Crippen LogP contribution in [0.1, 0.15) is 30.1 Å². The molecule has 0 unspecified atom stereocenters. The second kappa shape index (κ2) is 6.35. The number of nitrogens with zero attached hydrogens (tertiary/aromatic N) is 1. The molecule has 21 heavy (non-hydrogen) atoms. The summed E-state index contributed by atoms with van der Waals surface area (Å²) in [5.74, 6) is -0.0697. The lowest BCUT2D eigenvalue weighted by atomic mass is 9.82. The summed E-state index contributed by atoms with van der Waals surface area (Å²) < 4.78 is 5.37. The predicted octanol–water partition coefficient (Wildman–Crippen LogP) is 1.88. The van der Waals surface area contributed by atoms with E-state index >= 15 is 0 Å². The molecule has 0 radical (unpaired) electrons. The highest BCUT2D eigenvalue weighted by molar-refractivity contribution is 5.96. The summed E-state index contributed by atoms with van der Waals surface area (Å²) >= 11 is 0. The maximum atomic E-state index is 12.3. The molecule has 1 aliphatic rings. The SMILES string of the molecule is CN(C)c1ccc(C(=O)NCC2(C)CCOCC2)cc1N. The van der Waals surface area contributed by atoms with Gasteiger partial charge in [-0.3, -0.25) is 4.79 Å². The van der Waals surface area contributed by atoms with Gasteiger partial charge in [-0.2, -0.15) is 0 Å². The molecule has 0 spiro atoms. The molecule has 3 N–H and O–H groups in total. The third-order valence-electron chi connectivity index (χ3n) is 4.15. The van der Waals surface area contributed by atoms with Crippen LogP contribution in [0.5, 0.6) is 0 Å². The van der Waals surface area contributed by atoms with Gasteiger partial charge in [0.25, 0.3) is 5.91 Å². The third-order valence-corrected chi connectivity index (χ3v) is 4.15. The number of rotatable bonds is 4.